The van der Waals surface area contributed by atoms with E-state index in [1.165, 1.54) is 32.4 Å². The molecule has 0 amide bonds. The van der Waals surface area contributed by atoms with Crippen molar-refractivity contribution in [1.29, 1.82) is 0 Å². The fourth-order valence-electron chi connectivity index (χ4n) is 3.79. The summed E-state index contributed by atoms with van der Waals surface area (Å²) >= 11 is 0. The van der Waals surface area contributed by atoms with Gasteiger partial charge in [0.15, 0.2) is 6.61 Å². The fourth-order valence-corrected chi connectivity index (χ4v) is 3.79. The van der Waals surface area contributed by atoms with E-state index in [2.05, 4.69) is 6.92 Å². The first-order valence-corrected chi connectivity index (χ1v) is 10.3. The maximum atomic E-state index is 12.5. The molecule has 2 aromatic rings. The van der Waals surface area contributed by atoms with Crippen LogP contribution in [0.5, 0.6) is 11.5 Å². The highest BCUT2D eigenvalue weighted by atomic mass is 16.6. The normalized spacial score (nSPS) is 15.7. The number of hydrogen-bond donors (Lipinski definition) is 0. The van der Waals surface area contributed by atoms with Crippen LogP contribution >= 0.6 is 0 Å². The van der Waals surface area contributed by atoms with Crippen LogP contribution in [0.4, 0.5) is 11.4 Å². The standard InChI is InChI=1S/C23H26N2O7/c1-15-5-4-10-24(13-15)19-9-6-16(11-20(19)25(28)29)23(27)32-14-21(26)18-8-7-17(30-2)12-22(18)31-3/h6-9,11-12,15H,4-5,10,13-14H2,1-3H3. The molecule has 0 N–H and O–H groups in total. The number of nitro benzene ring substituents is 1. The van der Waals surface area contributed by atoms with Crippen molar-refractivity contribution >= 4 is 23.1 Å². The Morgan fingerprint density at radius 3 is 2.59 bits per heavy atom. The number of rotatable bonds is 8. The molecule has 1 unspecified atom stereocenters. The summed E-state index contributed by atoms with van der Waals surface area (Å²) in [6.45, 7) is 3.04. The van der Waals surface area contributed by atoms with Crippen molar-refractivity contribution in [2.24, 2.45) is 5.92 Å². The topological polar surface area (TPSA) is 108 Å². The molecule has 0 spiro atoms. The van der Waals surface area contributed by atoms with Crippen LogP contribution in [0, 0.1) is 16.0 Å². The van der Waals surface area contributed by atoms with E-state index in [1.54, 1.807) is 18.2 Å². The zero-order chi connectivity index (χ0) is 23.3. The lowest BCUT2D eigenvalue weighted by Crippen LogP contribution is -2.34. The summed E-state index contributed by atoms with van der Waals surface area (Å²) in [4.78, 5) is 38.1. The first-order valence-electron chi connectivity index (χ1n) is 10.3. The number of methoxy groups -OCH3 is 2. The van der Waals surface area contributed by atoms with E-state index >= 15 is 0 Å². The predicted molar refractivity (Wildman–Crippen MR) is 118 cm³/mol. The minimum atomic E-state index is -0.813. The van der Waals surface area contributed by atoms with Crippen LogP contribution in [0.15, 0.2) is 36.4 Å². The number of carbonyl (C=O) groups excluding carboxylic acids is 2. The lowest BCUT2D eigenvalue weighted by atomic mass is 9.99. The Morgan fingerprint density at radius 2 is 1.94 bits per heavy atom. The van der Waals surface area contributed by atoms with Gasteiger partial charge in [0.25, 0.3) is 5.69 Å². The molecule has 0 saturated carbocycles. The van der Waals surface area contributed by atoms with Gasteiger partial charge in [-0.05, 0) is 43.0 Å². The van der Waals surface area contributed by atoms with Crippen LogP contribution in [-0.4, -0.2) is 50.6 Å². The van der Waals surface area contributed by atoms with Gasteiger partial charge in [-0.25, -0.2) is 4.79 Å². The Hall–Kier alpha value is -3.62. The molecule has 1 heterocycles. The number of anilines is 1. The van der Waals surface area contributed by atoms with Crippen molar-refractivity contribution in [3.8, 4) is 11.5 Å². The Bertz CT molecular complexity index is 1020. The Kier molecular flexibility index (Phi) is 7.29. The molecule has 9 heteroatoms. The predicted octanol–water partition coefficient (Wildman–Crippen LogP) is 3.89. The lowest BCUT2D eigenvalue weighted by molar-refractivity contribution is -0.384. The van der Waals surface area contributed by atoms with Crippen LogP contribution in [0.1, 0.15) is 40.5 Å². The maximum Gasteiger partial charge on any atom is 0.338 e. The van der Waals surface area contributed by atoms with Gasteiger partial charge < -0.3 is 19.1 Å². The third-order valence-corrected chi connectivity index (χ3v) is 5.45. The number of benzene rings is 2. The highest BCUT2D eigenvalue weighted by molar-refractivity contribution is 6.01. The molecule has 1 atom stereocenters. The molecular weight excluding hydrogens is 416 g/mol. The number of nitro groups is 1. The number of Topliss-reactive ketones (excluding diaryl/α,β-unsaturated/α-hetero) is 1. The van der Waals surface area contributed by atoms with Gasteiger partial charge in [0.2, 0.25) is 5.78 Å². The Morgan fingerprint density at radius 1 is 1.16 bits per heavy atom. The van der Waals surface area contributed by atoms with E-state index in [9.17, 15) is 19.7 Å². The number of ketones is 1. The van der Waals surface area contributed by atoms with Gasteiger partial charge in [-0.1, -0.05) is 6.92 Å². The highest BCUT2D eigenvalue weighted by Crippen LogP contribution is 2.32. The zero-order valence-electron chi connectivity index (χ0n) is 18.3. The second kappa shape index (κ2) is 10.1. The van der Waals surface area contributed by atoms with Crippen LogP contribution in [0.25, 0.3) is 0 Å². The second-order valence-electron chi connectivity index (χ2n) is 7.72. The van der Waals surface area contributed by atoms with Crippen LogP contribution in [0.3, 0.4) is 0 Å². The van der Waals surface area contributed by atoms with Crippen molar-refractivity contribution in [2.75, 3.05) is 38.8 Å². The molecule has 2 aromatic carbocycles. The van der Waals surface area contributed by atoms with Gasteiger partial charge >= 0.3 is 5.97 Å². The summed E-state index contributed by atoms with van der Waals surface area (Å²) in [6.07, 6.45) is 2.04. The summed E-state index contributed by atoms with van der Waals surface area (Å²) in [7, 11) is 2.91. The van der Waals surface area contributed by atoms with Crippen LogP contribution in [0.2, 0.25) is 0 Å². The summed E-state index contributed by atoms with van der Waals surface area (Å²) in [6, 6.07) is 8.94. The van der Waals surface area contributed by atoms with Crippen molar-refractivity contribution in [1.82, 2.24) is 0 Å². The number of nitrogens with zero attached hydrogens (tertiary/aromatic N) is 2. The summed E-state index contributed by atoms with van der Waals surface area (Å²) in [5, 5.41) is 11.6. The fraction of sp³-hybridized carbons (Fsp3) is 0.391. The van der Waals surface area contributed by atoms with Gasteiger partial charge in [-0.2, -0.15) is 0 Å². The number of carbonyl (C=O) groups is 2. The van der Waals surface area contributed by atoms with Gasteiger partial charge in [0, 0.05) is 25.2 Å². The molecule has 1 aliphatic rings. The van der Waals surface area contributed by atoms with E-state index in [4.69, 9.17) is 14.2 Å². The molecule has 3 rings (SSSR count). The molecule has 0 aromatic heterocycles. The average molecular weight is 442 g/mol. The quantitative estimate of drug-likeness (QED) is 0.262. The molecule has 1 aliphatic heterocycles. The lowest BCUT2D eigenvalue weighted by Gasteiger charge is -2.32. The SMILES string of the molecule is COc1ccc(C(=O)COC(=O)c2ccc(N3CCCC(C)C3)c([N+](=O)[O-])c2)c(OC)c1. The number of hydrogen-bond acceptors (Lipinski definition) is 8. The van der Waals surface area contributed by atoms with Crippen LogP contribution < -0.4 is 14.4 Å². The Balaban J connectivity index is 1.73. The van der Waals surface area contributed by atoms with Crippen LogP contribution in [-0.2, 0) is 4.74 Å². The van der Waals surface area contributed by atoms with Crippen molar-refractivity contribution in [3.05, 3.63) is 57.6 Å². The average Bonchev–Trinajstić information content (AvgIpc) is 2.81. The van der Waals surface area contributed by atoms with E-state index in [-0.39, 0.29) is 16.8 Å². The smallest absolute Gasteiger partial charge is 0.338 e. The Labute approximate surface area is 186 Å². The van der Waals surface area contributed by atoms with Crippen molar-refractivity contribution in [2.45, 2.75) is 19.8 Å². The largest absolute Gasteiger partial charge is 0.497 e. The van der Waals surface area contributed by atoms with Gasteiger partial charge in [-0.3, -0.25) is 14.9 Å². The maximum absolute atomic E-state index is 12.5. The minimum Gasteiger partial charge on any atom is -0.497 e. The molecule has 9 nitrogen and oxygen atoms in total. The first-order chi connectivity index (χ1) is 15.3. The monoisotopic (exact) mass is 442 g/mol. The summed E-state index contributed by atoms with van der Waals surface area (Å²) < 4.78 is 15.4. The zero-order valence-corrected chi connectivity index (χ0v) is 18.3. The van der Waals surface area contributed by atoms with E-state index in [0.29, 0.717) is 23.1 Å². The second-order valence-corrected chi connectivity index (χ2v) is 7.72. The molecular formula is C23H26N2O7. The third kappa shape index (κ3) is 5.16. The van der Waals surface area contributed by atoms with E-state index in [1.807, 2.05) is 4.90 Å². The van der Waals surface area contributed by atoms with Gasteiger partial charge in [0.1, 0.15) is 17.2 Å². The molecule has 1 saturated heterocycles. The number of piperidine rings is 1. The van der Waals surface area contributed by atoms with Gasteiger partial charge in [0.05, 0.1) is 30.3 Å². The molecule has 170 valence electrons. The summed E-state index contributed by atoms with van der Waals surface area (Å²) in [5.74, 6) is -0.0280. The third-order valence-electron chi connectivity index (χ3n) is 5.45. The van der Waals surface area contributed by atoms with E-state index in [0.717, 1.165) is 25.9 Å². The first kappa shape index (κ1) is 23.1. The highest BCUT2D eigenvalue weighted by Gasteiger charge is 2.26. The molecule has 32 heavy (non-hydrogen) atoms. The molecule has 0 aliphatic carbocycles. The van der Waals surface area contributed by atoms with Crippen molar-refractivity contribution in [3.63, 3.8) is 0 Å². The molecule has 0 bridgehead atoms. The van der Waals surface area contributed by atoms with Crippen molar-refractivity contribution < 1.29 is 28.7 Å². The number of ether oxygens (including phenoxy) is 3. The molecule has 1 fully saturated rings. The summed E-state index contributed by atoms with van der Waals surface area (Å²) in [5.41, 5.74) is 0.579. The minimum absolute atomic E-state index is 0.0139. The number of esters is 1. The van der Waals surface area contributed by atoms with E-state index < -0.39 is 23.3 Å². The molecule has 0 radical (unpaired) electrons. The van der Waals surface area contributed by atoms with Gasteiger partial charge in [-0.15, -0.1) is 0 Å².